The van der Waals surface area contributed by atoms with E-state index in [-0.39, 0.29) is 5.76 Å². The van der Waals surface area contributed by atoms with E-state index in [0.29, 0.717) is 36.4 Å². The lowest BCUT2D eigenvalue weighted by Gasteiger charge is -2.17. The maximum Gasteiger partial charge on any atom is 0.326 e. The van der Waals surface area contributed by atoms with Crippen LogP contribution in [0.1, 0.15) is 40.7 Å². The zero-order valence-corrected chi connectivity index (χ0v) is 17.3. The Labute approximate surface area is 182 Å². The number of anilines is 1. The number of amides is 1. The third-order valence-electron chi connectivity index (χ3n) is 5.53. The SMILES string of the molecule is Nc1ccc(C(=O)N[C@H](CCc2ccccc2)C(=O)O)cc1CCC1C=CC(O)=CC1. The summed E-state index contributed by atoms with van der Waals surface area (Å²) in [5, 5.41) is 21.6. The summed E-state index contributed by atoms with van der Waals surface area (Å²) in [5.41, 5.74) is 8.98. The minimum Gasteiger partial charge on any atom is -0.508 e. The molecular weight excluding hydrogens is 392 g/mol. The number of hydrogen-bond donors (Lipinski definition) is 4. The molecule has 31 heavy (non-hydrogen) atoms. The van der Waals surface area contributed by atoms with E-state index in [0.717, 1.165) is 24.0 Å². The van der Waals surface area contributed by atoms with Gasteiger partial charge in [0.15, 0.2) is 0 Å². The molecule has 0 aliphatic heterocycles. The van der Waals surface area contributed by atoms with E-state index in [4.69, 9.17) is 5.73 Å². The lowest BCUT2D eigenvalue weighted by molar-refractivity contribution is -0.139. The summed E-state index contributed by atoms with van der Waals surface area (Å²) in [6.07, 6.45) is 8.63. The summed E-state index contributed by atoms with van der Waals surface area (Å²) in [6.45, 7) is 0. The normalized spacial score (nSPS) is 16.4. The third-order valence-corrected chi connectivity index (χ3v) is 5.53. The van der Waals surface area contributed by atoms with E-state index in [2.05, 4.69) is 5.32 Å². The van der Waals surface area contributed by atoms with Crippen LogP contribution in [-0.4, -0.2) is 28.1 Å². The molecule has 2 atom stereocenters. The van der Waals surface area contributed by atoms with Crippen LogP contribution in [0.4, 0.5) is 5.69 Å². The number of carboxylic acids is 1. The van der Waals surface area contributed by atoms with Gasteiger partial charge in [0.25, 0.3) is 5.91 Å². The first kappa shape index (κ1) is 22.2. The molecule has 1 amide bonds. The van der Waals surface area contributed by atoms with Crippen LogP contribution in [-0.2, 0) is 17.6 Å². The van der Waals surface area contributed by atoms with Crippen molar-refractivity contribution < 1.29 is 19.8 Å². The molecule has 0 saturated heterocycles. The summed E-state index contributed by atoms with van der Waals surface area (Å²) in [4.78, 5) is 24.4. The number of aliphatic hydroxyl groups is 1. The second-order valence-electron chi connectivity index (χ2n) is 7.82. The van der Waals surface area contributed by atoms with Crippen molar-refractivity contribution >= 4 is 17.6 Å². The molecule has 0 aromatic heterocycles. The number of nitrogens with one attached hydrogen (secondary N) is 1. The summed E-state index contributed by atoms with van der Waals surface area (Å²) in [6, 6.07) is 13.7. The standard InChI is InChI=1S/C25H28N2O4/c26-22-14-11-20(16-19(22)10-6-18-7-12-21(28)13-8-18)24(29)27-23(25(30)31)15-9-17-4-2-1-3-5-17/h1-5,7,11-14,16,18,23,28H,6,8-10,15,26H2,(H,27,29)(H,30,31)/t18?,23-/m1/s1. The van der Waals surface area contributed by atoms with Crippen molar-refractivity contribution in [2.45, 2.75) is 38.1 Å². The van der Waals surface area contributed by atoms with Gasteiger partial charge in [-0.3, -0.25) is 4.79 Å². The Hall–Kier alpha value is -3.54. The Morgan fingerprint density at radius 2 is 1.90 bits per heavy atom. The molecule has 6 nitrogen and oxygen atoms in total. The van der Waals surface area contributed by atoms with E-state index in [1.807, 2.05) is 36.4 Å². The van der Waals surface area contributed by atoms with Crippen molar-refractivity contribution in [3.8, 4) is 0 Å². The molecule has 1 aliphatic carbocycles. The maximum absolute atomic E-state index is 12.7. The summed E-state index contributed by atoms with van der Waals surface area (Å²) in [7, 11) is 0. The molecule has 6 heteroatoms. The molecule has 1 aliphatic rings. The Morgan fingerprint density at radius 3 is 2.58 bits per heavy atom. The highest BCUT2D eigenvalue weighted by atomic mass is 16.4. The van der Waals surface area contributed by atoms with E-state index >= 15 is 0 Å². The first-order valence-electron chi connectivity index (χ1n) is 10.5. The van der Waals surface area contributed by atoms with Gasteiger partial charge in [-0.2, -0.15) is 0 Å². The molecule has 0 heterocycles. The first-order valence-corrected chi connectivity index (χ1v) is 10.5. The van der Waals surface area contributed by atoms with Crippen LogP contribution in [0, 0.1) is 5.92 Å². The van der Waals surface area contributed by atoms with Crippen LogP contribution in [0.5, 0.6) is 0 Å². The lowest BCUT2D eigenvalue weighted by atomic mass is 9.92. The quantitative estimate of drug-likeness (QED) is 0.458. The minimum atomic E-state index is -1.06. The van der Waals surface area contributed by atoms with E-state index in [1.165, 1.54) is 0 Å². The highest BCUT2D eigenvalue weighted by molar-refractivity contribution is 5.97. The molecule has 2 aromatic carbocycles. The van der Waals surface area contributed by atoms with Gasteiger partial charge in [0.05, 0.1) is 0 Å². The second-order valence-corrected chi connectivity index (χ2v) is 7.82. The van der Waals surface area contributed by atoms with Crippen LogP contribution >= 0.6 is 0 Å². The molecule has 3 rings (SSSR count). The monoisotopic (exact) mass is 420 g/mol. The maximum atomic E-state index is 12.7. The zero-order chi connectivity index (χ0) is 22.2. The predicted octanol–water partition coefficient (Wildman–Crippen LogP) is 4.04. The molecule has 2 aromatic rings. The highest BCUT2D eigenvalue weighted by Gasteiger charge is 2.21. The van der Waals surface area contributed by atoms with Gasteiger partial charge in [0, 0.05) is 11.3 Å². The molecule has 0 saturated carbocycles. The zero-order valence-electron chi connectivity index (χ0n) is 17.3. The van der Waals surface area contributed by atoms with Gasteiger partial charge in [-0.05, 0) is 79.5 Å². The number of aryl methyl sites for hydroxylation is 2. The highest BCUT2D eigenvalue weighted by Crippen LogP contribution is 2.23. The van der Waals surface area contributed by atoms with Gasteiger partial charge in [0.2, 0.25) is 0 Å². The molecule has 0 spiro atoms. The minimum absolute atomic E-state index is 0.287. The van der Waals surface area contributed by atoms with Gasteiger partial charge in [0.1, 0.15) is 11.8 Å². The number of benzene rings is 2. The van der Waals surface area contributed by atoms with E-state index < -0.39 is 17.9 Å². The van der Waals surface area contributed by atoms with Gasteiger partial charge < -0.3 is 21.3 Å². The average molecular weight is 421 g/mol. The number of carbonyl (C=O) groups is 2. The van der Waals surface area contributed by atoms with E-state index in [9.17, 15) is 19.8 Å². The van der Waals surface area contributed by atoms with Crippen molar-refractivity contribution in [1.29, 1.82) is 0 Å². The number of carboxylic acid groups (broad SMARTS) is 1. The van der Waals surface area contributed by atoms with Gasteiger partial charge >= 0.3 is 5.97 Å². The molecule has 5 N–H and O–H groups in total. The number of aliphatic hydroxyl groups excluding tert-OH is 1. The topological polar surface area (TPSA) is 113 Å². The number of allylic oxidation sites excluding steroid dienone is 3. The first-order chi connectivity index (χ1) is 14.9. The van der Waals surface area contributed by atoms with Gasteiger partial charge in [-0.15, -0.1) is 0 Å². The Balaban J connectivity index is 1.61. The van der Waals surface area contributed by atoms with Crippen molar-refractivity contribution in [1.82, 2.24) is 5.32 Å². The summed E-state index contributed by atoms with van der Waals surface area (Å²) >= 11 is 0. The fraction of sp³-hybridized carbons (Fsp3) is 0.280. The molecule has 0 bridgehead atoms. The van der Waals surface area contributed by atoms with Crippen molar-refractivity contribution in [3.05, 3.63) is 89.2 Å². The number of nitrogen functional groups attached to an aromatic ring is 1. The lowest BCUT2D eigenvalue weighted by Crippen LogP contribution is -2.41. The molecular formula is C25H28N2O4. The molecule has 162 valence electrons. The van der Waals surface area contributed by atoms with Crippen molar-refractivity contribution in [2.24, 2.45) is 5.92 Å². The number of rotatable bonds is 9. The average Bonchev–Trinajstić information content (AvgIpc) is 2.77. The predicted molar refractivity (Wildman–Crippen MR) is 121 cm³/mol. The van der Waals surface area contributed by atoms with Gasteiger partial charge in [-0.1, -0.05) is 36.4 Å². The number of hydrogen-bond acceptors (Lipinski definition) is 4. The van der Waals surface area contributed by atoms with Crippen LogP contribution < -0.4 is 11.1 Å². The number of nitrogens with two attached hydrogens (primary N) is 1. The van der Waals surface area contributed by atoms with Crippen molar-refractivity contribution in [3.63, 3.8) is 0 Å². The third kappa shape index (κ3) is 6.47. The fourth-order valence-corrected chi connectivity index (χ4v) is 3.63. The molecule has 1 unspecified atom stereocenters. The molecule has 0 radical (unpaired) electrons. The largest absolute Gasteiger partial charge is 0.508 e. The van der Waals surface area contributed by atoms with Crippen molar-refractivity contribution in [2.75, 3.05) is 5.73 Å². The summed E-state index contributed by atoms with van der Waals surface area (Å²) in [5.74, 6) is -0.885. The smallest absolute Gasteiger partial charge is 0.326 e. The van der Waals surface area contributed by atoms with Gasteiger partial charge in [-0.25, -0.2) is 4.79 Å². The Morgan fingerprint density at radius 1 is 1.13 bits per heavy atom. The van der Waals surface area contributed by atoms with E-state index in [1.54, 1.807) is 30.4 Å². The Bertz CT molecular complexity index is 982. The summed E-state index contributed by atoms with van der Waals surface area (Å²) < 4.78 is 0. The number of carbonyl (C=O) groups excluding carboxylic acids is 1. The van der Waals surface area contributed by atoms with Crippen LogP contribution in [0.25, 0.3) is 0 Å². The fourth-order valence-electron chi connectivity index (χ4n) is 3.63. The van der Waals surface area contributed by atoms with Crippen LogP contribution in [0.15, 0.2) is 72.5 Å². The second kappa shape index (κ2) is 10.5. The molecule has 0 fully saturated rings. The Kier molecular flexibility index (Phi) is 7.49. The van der Waals surface area contributed by atoms with Crippen LogP contribution in [0.2, 0.25) is 0 Å². The number of aliphatic carboxylic acids is 1. The van der Waals surface area contributed by atoms with Crippen LogP contribution in [0.3, 0.4) is 0 Å².